The molecule has 0 fully saturated rings. The van der Waals surface area contributed by atoms with Crippen LogP contribution < -0.4 is 0 Å². The Kier molecular flexibility index (Phi) is 16.1. The Bertz CT molecular complexity index is 661. The molecular formula is C30H59NO4Si. The summed E-state index contributed by atoms with van der Waals surface area (Å²) in [7, 11) is -2.18. The van der Waals surface area contributed by atoms with Crippen molar-refractivity contribution in [2.45, 2.75) is 168 Å². The van der Waals surface area contributed by atoms with Crippen LogP contribution in [0.3, 0.4) is 0 Å². The summed E-state index contributed by atoms with van der Waals surface area (Å²) in [5, 5.41) is 9.99. The zero-order valence-electron chi connectivity index (χ0n) is 25.4. The molecule has 0 aromatic rings. The van der Waals surface area contributed by atoms with Crippen LogP contribution >= 0.6 is 0 Å². The van der Waals surface area contributed by atoms with Crippen LogP contribution in [0.1, 0.15) is 132 Å². The number of carbonyl (C=O) groups excluding carboxylic acids is 1. The van der Waals surface area contributed by atoms with Crippen molar-refractivity contribution < 1.29 is 19.1 Å². The van der Waals surface area contributed by atoms with E-state index >= 15 is 0 Å². The number of amides is 1. The van der Waals surface area contributed by atoms with Gasteiger partial charge in [0.25, 0.3) is 0 Å². The van der Waals surface area contributed by atoms with Crippen LogP contribution in [0.15, 0.2) is 12.2 Å². The molecule has 1 amide bonds. The molecule has 0 radical (unpaired) electrons. The van der Waals surface area contributed by atoms with E-state index in [-0.39, 0.29) is 10.8 Å². The number of hydrogen-bond donors (Lipinski definition) is 1. The molecule has 212 valence electrons. The van der Waals surface area contributed by atoms with E-state index in [1.807, 2.05) is 33.8 Å². The SMILES string of the molecule is CCCCCCCCCCCCCC=CC(=O)[C@H]([C@H](C)O[Si](C)(C)C(C)(C)C)N(C(=O)O)C(C)(C)C. The number of allylic oxidation sites excluding steroid dienone is 1. The normalized spacial score (nSPS) is 14.7. The monoisotopic (exact) mass is 525 g/mol. The number of ketones is 1. The molecule has 0 aromatic heterocycles. The highest BCUT2D eigenvalue weighted by Crippen LogP contribution is 2.38. The maximum Gasteiger partial charge on any atom is 0.408 e. The van der Waals surface area contributed by atoms with Crippen LogP contribution in [-0.4, -0.2) is 47.9 Å². The highest BCUT2D eigenvalue weighted by Gasteiger charge is 2.45. The largest absolute Gasteiger partial charge is 0.465 e. The van der Waals surface area contributed by atoms with Gasteiger partial charge in [0, 0.05) is 5.54 Å². The van der Waals surface area contributed by atoms with Crippen LogP contribution in [0.5, 0.6) is 0 Å². The van der Waals surface area contributed by atoms with Gasteiger partial charge in [-0.1, -0.05) is 98.0 Å². The topological polar surface area (TPSA) is 66.8 Å². The van der Waals surface area contributed by atoms with E-state index in [1.54, 1.807) is 6.08 Å². The van der Waals surface area contributed by atoms with E-state index in [0.717, 1.165) is 12.8 Å². The minimum atomic E-state index is -2.18. The minimum absolute atomic E-state index is 0.0322. The quantitative estimate of drug-likeness (QED) is 0.110. The Balaban J connectivity index is 4.93. The second-order valence-electron chi connectivity index (χ2n) is 13.0. The van der Waals surface area contributed by atoms with Gasteiger partial charge < -0.3 is 9.53 Å². The van der Waals surface area contributed by atoms with Crippen LogP contribution in [-0.2, 0) is 9.22 Å². The molecule has 5 nitrogen and oxygen atoms in total. The number of rotatable bonds is 18. The zero-order valence-corrected chi connectivity index (χ0v) is 26.4. The molecule has 0 rings (SSSR count). The maximum absolute atomic E-state index is 13.4. The molecule has 2 atom stereocenters. The van der Waals surface area contributed by atoms with E-state index in [4.69, 9.17) is 4.43 Å². The highest BCUT2D eigenvalue weighted by atomic mass is 28.4. The fraction of sp³-hybridized carbons (Fsp3) is 0.867. The lowest BCUT2D eigenvalue weighted by molar-refractivity contribution is -0.124. The summed E-state index contributed by atoms with van der Waals surface area (Å²) >= 11 is 0. The third-order valence-electron chi connectivity index (χ3n) is 7.49. The van der Waals surface area contributed by atoms with Crippen molar-refractivity contribution in [1.29, 1.82) is 0 Å². The third kappa shape index (κ3) is 13.4. The van der Waals surface area contributed by atoms with Crippen molar-refractivity contribution in [1.82, 2.24) is 4.90 Å². The summed E-state index contributed by atoms with van der Waals surface area (Å²) in [5.41, 5.74) is -0.721. The lowest BCUT2D eigenvalue weighted by Gasteiger charge is -2.45. The lowest BCUT2D eigenvalue weighted by Crippen LogP contribution is -2.60. The third-order valence-corrected chi connectivity index (χ3v) is 12.1. The molecule has 0 bridgehead atoms. The van der Waals surface area contributed by atoms with Gasteiger partial charge in [-0.05, 0) is 64.7 Å². The van der Waals surface area contributed by atoms with Gasteiger partial charge in [-0.15, -0.1) is 0 Å². The van der Waals surface area contributed by atoms with Crippen LogP contribution in [0.4, 0.5) is 4.79 Å². The first kappa shape index (κ1) is 34.9. The highest BCUT2D eigenvalue weighted by molar-refractivity contribution is 6.74. The van der Waals surface area contributed by atoms with Crippen LogP contribution in [0, 0.1) is 0 Å². The smallest absolute Gasteiger partial charge is 0.408 e. The van der Waals surface area contributed by atoms with E-state index in [1.165, 1.54) is 69.1 Å². The second-order valence-corrected chi connectivity index (χ2v) is 17.7. The molecular weight excluding hydrogens is 466 g/mol. The fourth-order valence-electron chi connectivity index (χ4n) is 4.32. The molecule has 0 aliphatic carbocycles. The Morgan fingerprint density at radius 3 is 1.69 bits per heavy atom. The van der Waals surface area contributed by atoms with Crippen molar-refractivity contribution in [2.24, 2.45) is 0 Å². The number of hydrogen-bond acceptors (Lipinski definition) is 3. The van der Waals surface area contributed by atoms with Gasteiger partial charge >= 0.3 is 6.09 Å². The average Bonchev–Trinajstić information content (AvgIpc) is 2.72. The van der Waals surface area contributed by atoms with E-state index in [2.05, 4.69) is 40.8 Å². The first-order chi connectivity index (χ1) is 16.6. The molecule has 0 aromatic carbocycles. The predicted molar refractivity (Wildman–Crippen MR) is 156 cm³/mol. The summed E-state index contributed by atoms with van der Waals surface area (Å²) in [6.07, 6.45) is 17.0. The molecule has 0 heterocycles. The van der Waals surface area contributed by atoms with E-state index in [9.17, 15) is 14.7 Å². The minimum Gasteiger partial charge on any atom is -0.465 e. The van der Waals surface area contributed by atoms with Crippen molar-refractivity contribution >= 4 is 20.2 Å². The first-order valence-corrected chi connectivity index (χ1v) is 17.4. The summed E-state index contributed by atoms with van der Waals surface area (Å²) in [4.78, 5) is 26.9. The van der Waals surface area contributed by atoms with Crippen LogP contribution in [0.2, 0.25) is 18.1 Å². The summed E-state index contributed by atoms with van der Waals surface area (Å²) in [6, 6.07) is -0.870. The molecule has 0 saturated carbocycles. The average molecular weight is 526 g/mol. The van der Waals surface area contributed by atoms with Gasteiger partial charge in [0.15, 0.2) is 14.1 Å². The Morgan fingerprint density at radius 1 is 0.861 bits per heavy atom. The van der Waals surface area contributed by atoms with Gasteiger partial charge in [-0.2, -0.15) is 0 Å². The molecule has 0 spiro atoms. The van der Waals surface area contributed by atoms with Gasteiger partial charge in [0.1, 0.15) is 6.04 Å². The summed E-state index contributed by atoms with van der Waals surface area (Å²) < 4.78 is 6.51. The fourth-order valence-corrected chi connectivity index (χ4v) is 5.73. The number of unbranched alkanes of at least 4 members (excludes halogenated alkanes) is 11. The van der Waals surface area contributed by atoms with E-state index < -0.39 is 32.1 Å². The lowest BCUT2D eigenvalue weighted by atomic mass is 9.97. The molecule has 6 heteroatoms. The van der Waals surface area contributed by atoms with Gasteiger partial charge in [0.05, 0.1) is 6.10 Å². The van der Waals surface area contributed by atoms with Gasteiger partial charge in [-0.3, -0.25) is 9.69 Å². The standard InChI is InChI=1S/C30H59NO4Si/c1-11-12-13-14-15-16-17-18-19-20-21-22-23-24-26(32)27(31(28(33)34)29(3,4)5)25(2)35-36(9,10)30(6,7)8/h23-25,27H,11-22H2,1-10H3,(H,33,34)/t25-,27-/m0/s1. The van der Waals surface area contributed by atoms with Crippen molar-refractivity contribution in [3.63, 3.8) is 0 Å². The molecule has 0 unspecified atom stereocenters. The Morgan fingerprint density at radius 2 is 1.31 bits per heavy atom. The molecule has 36 heavy (non-hydrogen) atoms. The number of carbonyl (C=O) groups is 2. The van der Waals surface area contributed by atoms with Gasteiger partial charge in [-0.25, -0.2) is 4.79 Å². The molecule has 0 aliphatic rings. The molecule has 1 N–H and O–H groups in total. The molecule has 0 aliphatic heterocycles. The molecule has 0 saturated heterocycles. The summed E-state index contributed by atoms with van der Waals surface area (Å²) in [5.74, 6) is -0.193. The van der Waals surface area contributed by atoms with Crippen LogP contribution in [0.25, 0.3) is 0 Å². The Labute approximate surface area is 224 Å². The maximum atomic E-state index is 13.4. The second kappa shape index (κ2) is 16.6. The Hall–Kier alpha value is -1.14. The predicted octanol–water partition coefficient (Wildman–Crippen LogP) is 9.37. The number of carboxylic acid groups (broad SMARTS) is 1. The summed E-state index contributed by atoms with van der Waals surface area (Å²) in [6.45, 7) is 20.3. The van der Waals surface area contributed by atoms with Crippen molar-refractivity contribution in [3.8, 4) is 0 Å². The van der Waals surface area contributed by atoms with Gasteiger partial charge in [0.2, 0.25) is 0 Å². The zero-order chi connectivity index (χ0) is 28.0. The first-order valence-electron chi connectivity index (χ1n) is 14.5. The van der Waals surface area contributed by atoms with Crippen molar-refractivity contribution in [2.75, 3.05) is 0 Å². The van der Waals surface area contributed by atoms with E-state index in [0.29, 0.717) is 0 Å². The number of nitrogens with zero attached hydrogens (tertiary/aromatic N) is 1. The van der Waals surface area contributed by atoms with Crippen molar-refractivity contribution in [3.05, 3.63) is 12.2 Å².